The average Bonchev–Trinajstić information content (AvgIpc) is 2.55. The molecule has 0 unspecified atom stereocenters. The smallest absolute Gasteiger partial charge is 0.224 e. The molecule has 5 nitrogen and oxygen atoms in total. The lowest BCUT2D eigenvalue weighted by Gasteiger charge is -2.25. The number of nitrogens with one attached hydrogen (secondary N) is 1. The molecule has 1 aromatic rings. The van der Waals surface area contributed by atoms with Crippen LogP contribution in [0.5, 0.6) is 0 Å². The Morgan fingerprint density at radius 1 is 1.09 bits per heavy atom. The molecule has 1 aliphatic heterocycles. The van der Waals surface area contributed by atoms with Crippen molar-refractivity contribution >= 4 is 33.2 Å². The van der Waals surface area contributed by atoms with Crippen molar-refractivity contribution in [2.75, 3.05) is 24.2 Å². The van der Waals surface area contributed by atoms with Crippen LogP contribution in [-0.2, 0) is 14.8 Å². The third kappa shape index (κ3) is 6.12. The molecule has 1 heterocycles. The summed E-state index contributed by atoms with van der Waals surface area (Å²) in [5.74, 6) is 0.0176. The third-order valence-corrected chi connectivity index (χ3v) is 6.10. The van der Waals surface area contributed by atoms with Gasteiger partial charge < -0.3 is 5.32 Å². The minimum absolute atomic E-state index is 0.109. The lowest BCUT2D eigenvalue weighted by Crippen LogP contribution is -2.37. The van der Waals surface area contributed by atoms with Crippen molar-refractivity contribution < 1.29 is 13.2 Å². The number of hydrogen-bond donors (Lipinski definition) is 1. The highest BCUT2D eigenvalue weighted by atomic mass is 35.5. The first-order chi connectivity index (χ1) is 11.0. The second-order valence-electron chi connectivity index (χ2n) is 5.79. The quantitative estimate of drug-likeness (QED) is 0.761. The molecule has 0 atom stereocenters. The van der Waals surface area contributed by atoms with E-state index in [-0.39, 0.29) is 11.7 Å². The number of benzene rings is 1. The number of carbonyl (C=O) groups is 1. The number of unbranched alkanes of at least 4 members (excludes halogenated alkanes) is 1. The molecule has 1 N–H and O–H groups in total. The second-order valence-corrected chi connectivity index (χ2v) is 8.31. The molecule has 1 aromatic carbocycles. The molecule has 1 amide bonds. The lowest BCUT2D eigenvalue weighted by molar-refractivity contribution is -0.116. The van der Waals surface area contributed by atoms with E-state index in [9.17, 15) is 13.2 Å². The molecule has 7 heteroatoms. The van der Waals surface area contributed by atoms with Crippen molar-refractivity contribution in [1.29, 1.82) is 0 Å². The number of anilines is 1. The summed E-state index contributed by atoms with van der Waals surface area (Å²) in [5, 5.41) is 3.39. The van der Waals surface area contributed by atoms with E-state index in [4.69, 9.17) is 11.6 Å². The van der Waals surface area contributed by atoms with E-state index < -0.39 is 10.0 Å². The fourth-order valence-corrected chi connectivity index (χ4v) is 4.37. The summed E-state index contributed by atoms with van der Waals surface area (Å²) in [6.45, 7) is 1.28. The molecular formula is C16H23ClN2O3S. The molecule has 0 radical (unpaired) electrons. The van der Waals surface area contributed by atoms with Gasteiger partial charge >= 0.3 is 0 Å². The highest BCUT2D eigenvalue weighted by molar-refractivity contribution is 7.89. The van der Waals surface area contributed by atoms with E-state index >= 15 is 0 Å². The van der Waals surface area contributed by atoms with Gasteiger partial charge in [0.2, 0.25) is 15.9 Å². The summed E-state index contributed by atoms with van der Waals surface area (Å²) in [5.41, 5.74) is 0.695. The number of halogens is 1. The minimum Gasteiger partial charge on any atom is -0.326 e. The minimum atomic E-state index is -3.16. The summed E-state index contributed by atoms with van der Waals surface area (Å²) in [7, 11) is -3.16. The number of amides is 1. The van der Waals surface area contributed by atoms with E-state index in [1.54, 1.807) is 28.6 Å². The standard InChI is InChI=1S/C16H23ClN2O3S/c17-14-7-9-15(10-8-14)18-16(20)6-2-5-13-23(21,22)19-11-3-1-4-12-19/h7-10H,1-6,11-13H2,(H,18,20). The first kappa shape index (κ1) is 18.2. The Kier molecular flexibility index (Phi) is 6.87. The number of piperidine rings is 1. The van der Waals surface area contributed by atoms with Gasteiger partial charge in [0.15, 0.2) is 0 Å². The summed E-state index contributed by atoms with van der Waals surface area (Å²) in [6, 6.07) is 6.90. The normalized spacial score (nSPS) is 16.2. The zero-order valence-electron chi connectivity index (χ0n) is 13.1. The zero-order valence-corrected chi connectivity index (χ0v) is 14.7. The van der Waals surface area contributed by atoms with Crippen LogP contribution in [0.3, 0.4) is 0 Å². The topological polar surface area (TPSA) is 66.5 Å². The molecule has 0 aliphatic carbocycles. The SMILES string of the molecule is O=C(CCCCS(=O)(=O)N1CCCCC1)Nc1ccc(Cl)cc1. The number of nitrogens with zero attached hydrogens (tertiary/aromatic N) is 1. The van der Waals surface area contributed by atoms with Gasteiger partial charge in [0.1, 0.15) is 0 Å². The fourth-order valence-electron chi connectivity index (χ4n) is 2.60. The average molecular weight is 359 g/mol. The number of sulfonamides is 1. The Morgan fingerprint density at radius 2 is 1.74 bits per heavy atom. The van der Waals surface area contributed by atoms with Gasteiger partial charge in [-0.3, -0.25) is 4.79 Å². The highest BCUT2D eigenvalue weighted by Crippen LogP contribution is 2.16. The van der Waals surface area contributed by atoms with Crippen LogP contribution in [0.25, 0.3) is 0 Å². The number of carbonyl (C=O) groups excluding carboxylic acids is 1. The van der Waals surface area contributed by atoms with E-state index in [0.29, 0.717) is 43.1 Å². The van der Waals surface area contributed by atoms with Crippen LogP contribution >= 0.6 is 11.6 Å². The largest absolute Gasteiger partial charge is 0.326 e. The summed E-state index contributed by atoms with van der Waals surface area (Å²) < 4.78 is 25.9. The van der Waals surface area contributed by atoms with Crippen LogP contribution in [-0.4, -0.2) is 37.5 Å². The van der Waals surface area contributed by atoms with Crippen molar-refractivity contribution in [1.82, 2.24) is 4.31 Å². The van der Waals surface area contributed by atoms with Crippen LogP contribution in [0, 0.1) is 0 Å². The van der Waals surface area contributed by atoms with E-state index in [0.717, 1.165) is 19.3 Å². The predicted molar refractivity (Wildman–Crippen MR) is 93.1 cm³/mol. The first-order valence-corrected chi connectivity index (χ1v) is 9.99. The maximum absolute atomic E-state index is 12.2. The molecule has 0 aromatic heterocycles. The molecule has 1 saturated heterocycles. The van der Waals surface area contributed by atoms with Crippen molar-refractivity contribution in [2.24, 2.45) is 0 Å². The van der Waals surface area contributed by atoms with Crippen LogP contribution in [0.1, 0.15) is 38.5 Å². The summed E-state index contributed by atoms with van der Waals surface area (Å²) in [6.07, 6.45) is 4.39. The Bertz CT molecular complexity index is 611. The van der Waals surface area contributed by atoms with Crippen LogP contribution in [0.15, 0.2) is 24.3 Å². The Labute approximate surface area is 143 Å². The van der Waals surface area contributed by atoms with Crippen molar-refractivity contribution in [2.45, 2.75) is 38.5 Å². The van der Waals surface area contributed by atoms with Crippen LogP contribution in [0.4, 0.5) is 5.69 Å². The molecule has 128 valence electrons. The molecule has 0 saturated carbocycles. The second kappa shape index (κ2) is 8.66. The van der Waals surface area contributed by atoms with E-state index in [1.807, 2.05) is 0 Å². The lowest BCUT2D eigenvalue weighted by atomic mass is 10.2. The Hall–Kier alpha value is -1.11. The summed E-state index contributed by atoms with van der Waals surface area (Å²) >= 11 is 5.78. The van der Waals surface area contributed by atoms with Crippen molar-refractivity contribution in [3.05, 3.63) is 29.3 Å². The number of rotatable bonds is 7. The maximum Gasteiger partial charge on any atom is 0.224 e. The predicted octanol–water partition coefficient (Wildman–Crippen LogP) is 3.26. The van der Waals surface area contributed by atoms with E-state index in [2.05, 4.69) is 5.32 Å². The van der Waals surface area contributed by atoms with Gasteiger partial charge in [0.05, 0.1) is 5.75 Å². The Balaban J connectivity index is 1.68. The van der Waals surface area contributed by atoms with Gasteiger partial charge in [-0.15, -0.1) is 0 Å². The van der Waals surface area contributed by atoms with Gasteiger partial charge in [-0.25, -0.2) is 12.7 Å². The third-order valence-electron chi connectivity index (χ3n) is 3.89. The molecular weight excluding hydrogens is 336 g/mol. The first-order valence-electron chi connectivity index (χ1n) is 8.01. The van der Waals surface area contributed by atoms with Crippen LogP contribution in [0.2, 0.25) is 5.02 Å². The van der Waals surface area contributed by atoms with Crippen LogP contribution < -0.4 is 5.32 Å². The molecule has 23 heavy (non-hydrogen) atoms. The van der Waals surface area contributed by atoms with Gasteiger partial charge in [-0.1, -0.05) is 18.0 Å². The van der Waals surface area contributed by atoms with Gasteiger partial charge in [0.25, 0.3) is 0 Å². The molecule has 1 fully saturated rings. The zero-order chi connectivity index (χ0) is 16.7. The molecule has 1 aliphatic rings. The molecule has 2 rings (SSSR count). The Morgan fingerprint density at radius 3 is 2.39 bits per heavy atom. The number of hydrogen-bond acceptors (Lipinski definition) is 3. The summed E-state index contributed by atoms with van der Waals surface area (Å²) in [4.78, 5) is 11.8. The maximum atomic E-state index is 12.2. The monoisotopic (exact) mass is 358 g/mol. The highest BCUT2D eigenvalue weighted by Gasteiger charge is 2.23. The van der Waals surface area contributed by atoms with Gasteiger partial charge in [-0.2, -0.15) is 0 Å². The van der Waals surface area contributed by atoms with Gasteiger partial charge in [0, 0.05) is 30.2 Å². The fraction of sp³-hybridized carbons (Fsp3) is 0.562. The molecule has 0 spiro atoms. The van der Waals surface area contributed by atoms with Gasteiger partial charge in [-0.05, 0) is 49.9 Å². The van der Waals surface area contributed by atoms with E-state index in [1.165, 1.54) is 0 Å². The van der Waals surface area contributed by atoms with Crippen molar-refractivity contribution in [3.8, 4) is 0 Å². The molecule has 0 bridgehead atoms. The van der Waals surface area contributed by atoms with Crippen molar-refractivity contribution in [3.63, 3.8) is 0 Å².